The Labute approximate surface area is 131 Å². The maximum atomic E-state index is 11.7. The second-order valence-electron chi connectivity index (χ2n) is 4.55. The van der Waals surface area contributed by atoms with Gasteiger partial charge in [-0.15, -0.1) is 0 Å². The maximum Gasteiger partial charge on any atom is 0.408 e. The van der Waals surface area contributed by atoms with Crippen LogP contribution in [0.15, 0.2) is 30.3 Å². The lowest BCUT2D eigenvalue weighted by Gasteiger charge is -2.27. The number of hydrogen-bond donors (Lipinski definition) is 1. The number of halogens is 1. The molecular weight excluding hydrogens is 373 g/mol. The number of ether oxygens (including phenoxy) is 2. The molecule has 0 bridgehead atoms. The molecule has 1 saturated heterocycles. The molecule has 20 heavy (non-hydrogen) atoms. The number of amides is 1. The molecule has 2 rings (SSSR count). The van der Waals surface area contributed by atoms with Crippen LogP contribution in [0.3, 0.4) is 0 Å². The van der Waals surface area contributed by atoms with Crippen molar-refractivity contribution in [3.63, 3.8) is 0 Å². The van der Waals surface area contributed by atoms with Crippen LogP contribution >= 0.6 is 22.6 Å². The summed E-state index contributed by atoms with van der Waals surface area (Å²) < 4.78 is 11.0. The molecule has 1 amide bonds. The van der Waals surface area contributed by atoms with Crippen LogP contribution in [0.4, 0.5) is 4.79 Å². The van der Waals surface area contributed by atoms with Crippen molar-refractivity contribution in [2.75, 3.05) is 4.43 Å². The smallest absolute Gasteiger partial charge is 0.408 e. The van der Waals surface area contributed by atoms with E-state index in [2.05, 4.69) is 27.9 Å². The van der Waals surface area contributed by atoms with Crippen molar-refractivity contribution >= 4 is 34.7 Å². The highest BCUT2D eigenvalue weighted by molar-refractivity contribution is 14.1. The first-order chi connectivity index (χ1) is 9.69. The first kappa shape index (κ1) is 15.1. The molecule has 0 spiro atoms. The van der Waals surface area contributed by atoms with Crippen molar-refractivity contribution in [2.45, 2.75) is 31.6 Å². The minimum absolute atomic E-state index is 0.0403. The van der Waals surface area contributed by atoms with Crippen molar-refractivity contribution in [1.82, 2.24) is 5.32 Å². The summed E-state index contributed by atoms with van der Waals surface area (Å²) in [5.74, 6) is -0.380. The van der Waals surface area contributed by atoms with Gasteiger partial charge in [0.15, 0.2) is 0 Å². The van der Waals surface area contributed by atoms with E-state index in [9.17, 15) is 9.59 Å². The number of esters is 1. The summed E-state index contributed by atoms with van der Waals surface area (Å²) in [4.78, 5) is 23.3. The van der Waals surface area contributed by atoms with Crippen LogP contribution in [0.1, 0.15) is 18.4 Å². The van der Waals surface area contributed by atoms with Gasteiger partial charge in [0, 0.05) is 4.43 Å². The highest BCUT2D eigenvalue weighted by atomic mass is 127. The average molecular weight is 389 g/mol. The minimum Gasteiger partial charge on any atom is -0.460 e. The van der Waals surface area contributed by atoms with Crippen molar-refractivity contribution in [3.05, 3.63) is 35.9 Å². The Morgan fingerprint density at radius 3 is 2.75 bits per heavy atom. The Balaban J connectivity index is 1.76. The summed E-state index contributed by atoms with van der Waals surface area (Å²) in [7, 11) is 0. The Morgan fingerprint density at radius 2 is 2.10 bits per heavy atom. The first-order valence-corrected chi connectivity index (χ1v) is 7.95. The van der Waals surface area contributed by atoms with E-state index in [4.69, 9.17) is 9.47 Å². The van der Waals surface area contributed by atoms with E-state index < -0.39 is 12.1 Å². The van der Waals surface area contributed by atoms with Crippen molar-refractivity contribution in [2.24, 2.45) is 0 Å². The lowest BCUT2D eigenvalue weighted by molar-refractivity contribution is -0.155. The highest BCUT2D eigenvalue weighted by Gasteiger charge is 2.30. The van der Waals surface area contributed by atoms with E-state index in [1.807, 2.05) is 30.3 Å². The van der Waals surface area contributed by atoms with E-state index in [1.165, 1.54) is 0 Å². The quantitative estimate of drug-likeness (QED) is 0.488. The molecule has 1 fully saturated rings. The largest absolute Gasteiger partial charge is 0.460 e. The van der Waals surface area contributed by atoms with Crippen LogP contribution in [0.25, 0.3) is 0 Å². The number of carbonyl (C=O) groups is 2. The predicted molar refractivity (Wildman–Crippen MR) is 81.6 cm³/mol. The number of cyclic esters (lactones) is 1. The summed E-state index contributed by atoms with van der Waals surface area (Å²) in [5, 5.41) is 2.55. The van der Waals surface area contributed by atoms with Gasteiger partial charge in [-0.1, -0.05) is 52.9 Å². The third-order valence-corrected chi connectivity index (χ3v) is 4.00. The summed E-state index contributed by atoms with van der Waals surface area (Å²) in [6.45, 7) is 0.185. The first-order valence-electron chi connectivity index (χ1n) is 6.42. The zero-order chi connectivity index (χ0) is 14.4. The summed E-state index contributed by atoms with van der Waals surface area (Å²) in [5.41, 5.74) is 0.902. The minimum atomic E-state index is -0.600. The van der Waals surface area contributed by atoms with E-state index in [0.29, 0.717) is 6.42 Å². The molecule has 6 heteroatoms. The fourth-order valence-corrected chi connectivity index (χ4v) is 2.54. The predicted octanol–water partition coefficient (Wildman–Crippen LogP) is 2.42. The normalized spacial score (nSPS) is 21.9. The number of rotatable bonds is 4. The fraction of sp³-hybridized carbons (Fsp3) is 0.429. The molecule has 1 aromatic carbocycles. The zero-order valence-corrected chi connectivity index (χ0v) is 13.0. The van der Waals surface area contributed by atoms with E-state index in [0.717, 1.165) is 16.4 Å². The van der Waals surface area contributed by atoms with Crippen LogP contribution in [0.2, 0.25) is 0 Å². The molecule has 5 nitrogen and oxygen atoms in total. The van der Waals surface area contributed by atoms with Gasteiger partial charge in [0.1, 0.15) is 18.8 Å². The van der Waals surface area contributed by atoms with Gasteiger partial charge in [0.05, 0.1) is 0 Å². The fourth-order valence-electron chi connectivity index (χ4n) is 1.92. The Hall–Kier alpha value is -1.31. The number of carbonyl (C=O) groups excluding carboxylic acids is 2. The topological polar surface area (TPSA) is 64.6 Å². The molecule has 2 atom stereocenters. The molecule has 1 aromatic rings. The Kier molecular flexibility index (Phi) is 5.63. The Morgan fingerprint density at radius 1 is 1.35 bits per heavy atom. The van der Waals surface area contributed by atoms with Gasteiger partial charge in [-0.2, -0.15) is 0 Å². The number of nitrogens with one attached hydrogen (secondary N) is 1. The standard InChI is InChI=1S/C14H16INO4/c15-8-11-6-7-12(13(17)20-11)16-14(18)19-9-10-4-2-1-3-5-10/h1-5,11-12H,6-9H2,(H,16,18)/t11-,12+/m1/s1. The molecule has 0 radical (unpaired) electrons. The second kappa shape index (κ2) is 7.47. The molecule has 108 valence electrons. The third-order valence-electron chi connectivity index (χ3n) is 3.02. The van der Waals surface area contributed by atoms with E-state index >= 15 is 0 Å². The number of hydrogen-bond acceptors (Lipinski definition) is 4. The molecule has 0 saturated carbocycles. The van der Waals surface area contributed by atoms with Crippen molar-refractivity contribution < 1.29 is 19.1 Å². The van der Waals surface area contributed by atoms with E-state index in [1.54, 1.807) is 0 Å². The van der Waals surface area contributed by atoms with E-state index in [-0.39, 0.29) is 18.7 Å². The van der Waals surface area contributed by atoms with Crippen LogP contribution in [0, 0.1) is 0 Å². The molecule has 1 N–H and O–H groups in total. The van der Waals surface area contributed by atoms with Gasteiger partial charge in [-0.25, -0.2) is 9.59 Å². The van der Waals surface area contributed by atoms with Crippen molar-refractivity contribution in [1.29, 1.82) is 0 Å². The van der Waals surface area contributed by atoms with Crippen LogP contribution in [0.5, 0.6) is 0 Å². The molecule has 0 aromatic heterocycles. The SMILES string of the molecule is O=C(N[C@H]1CC[C@H](CI)OC1=O)OCc1ccccc1. The molecular formula is C14H16INO4. The van der Waals surface area contributed by atoms with Crippen LogP contribution in [-0.2, 0) is 20.9 Å². The second-order valence-corrected chi connectivity index (χ2v) is 5.43. The third kappa shape index (κ3) is 4.36. The molecule has 0 aliphatic carbocycles. The van der Waals surface area contributed by atoms with Crippen LogP contribution < -0.4 is 5.32 Å². The van der Waals surface area contributed by atoms with Gasteiger partial charge in [0.25, 0.3) is 0 Å². The van der Waals surface area contributed by atoms with Gasteiger partial charge in [-0.05, 0) is 18.4 Å². The van der Waals surface area contributed by atoms with Crippen molar-refractivity contribution in [3.8, 4) is 0 Å². The number of alkyl carbamates (subject to hydrolysis) is 1. The average Bonchev–Trinajstić information content (AvgIpc) is 2.48. The lowest BCUT2D eigenvalue weighted by Crippen LogP contribution is -2.47. The number of alkyl halides is 1. The van der Waals surface area contributed by atoms with Gasteiger partial charge >= 0.3 is 12.1 Å². The summed E-state index contributed by atoms with van der Waals surface area (Å²) in [6, 6.07) is 8.78. The lowest BCUT2D eigenvalue weighted by atomic mass is 10.1. The number of benzene rings is 1. The zero-order valence-electron chi connectivity index (χ0n) is 10.9. The maximum absolute atomic E-state index is 11.7. The molecule has 1 heterocycles. The molecule has 1 aliphatic rings. The molecule has 0 unspecified atom stereocenters. The van der Waals surface area contributed by atoms with Gasteiger partial charge in [0.2, 0.25) is 0 Å². The monoisotopic (exact) mass is 389 g/mol. The Bertz CT molecular complexity index is 466. The highest BCUT2D eigenvalue weighted by Crippen LogP contribution is 2.16. The summed E-state index contributed by atoms with van der Waals surface area (Å²) >= 11 is 2.18. The van der Waals surface area contributed by atoms with Crippen LogP contribution in [-0.4, -0.2) is 28.6 Å². The summed E-state index contributed by atoms with van der Waals surface area (Å²) in [6.07, 6.45) is 0.718. The molecule has 1 aliphatic heterocycles. The van der Waals surface area contributed by atoms with Gasteiger partial charge in [-0.3, -0.25) is 0 Å². The van der Waals surface area contributed by atoms with Gasteiger partial charge < -0.3 is 14.8 Å².